The number of thiophene rings is 1. The molecule has 2 rings (SSSR count). The highest BCUT2D eigenvalue weighted by molar-refractivity contribution is 7.90. The van der Waals surface area contributed by atoms with Crippen molar-refractivity contribution in [1.82, 2.24) is 4.72 Å². The summed E-state index contributed by atoms with van der Waals surface area (Å²) in [6.45, 7) is 4.14. The molecule has 2 heterocycles. The van der Waals surface area contributed by atoms with E-state index in [2.05, 4.69) is 10.8 Å². The van der Waals surface area contributed by atoms with E-state index in [-0.39, 0.29) is 12.0 Å². The summed E-state index contributed by atoms with van der Waals surface area (Å²) in [5.41, 5.74) is 0. The lowest BCUT2D eigenvalue weighted by molar-refractivity contribution is 0.190. The molecular formula is C12H16N2O3S2. The number of nitrogens with zero attached hydrogens (tertiary/aromatic N) is 1. The van der Waals surface area contributed by atoms with E-state index >= 15 is 0 Å². The minimum atomic E-state index is -3.31. The van der Waals surface area contributed by atoms with Gasteiger partial charge in [0, 0.05) is 10.8 Å². The summed E-state index contributed by atoms with van der Waals surface area (Å²) >= 11 is 1.39. The zero-order valence-electron chi connectivity index (χ0n) is 10.8. The van der Waals surface area contributed by atoms with Gasteiger partial charge in [-0.25, -0.2) is 13.1 Å². The van der Waals surface area contributed by atoms with Crippen molar-refractivity contribution in [3.05, 3.63) is 21.9 Å². The number of ether oxygens (including phenoxy) is 1. The van der Waals surface area contributed by atoms with Gasteiger partial charge in [0.2, 0.25) is 10.0 Å². The van der Waals surface area contributed by atoms with Gasteiger partial charge in [0.15, 0.2) is 0 Å². The van der Waals surface area contributed by atoms with Gasteiger partial charge in [0.05, 0.1) is 24.5 Å². The summed E-state index contributed by atoms with van der Waals surface area (Å²) in [7, 11) is -3.31. The van der Waals surface area contributed by atoms with Crippen molar-refractivity contribution in [1.29, 1.82) is 5.26 Å². The van der Waals surface area contributed by atoms with Crippen LogP contribution < -0.4 is 4.72 Å². The quantitative estimate of drug-likeness (QED) is 0.912. The molecular weight excluding hydrogens is 284 g/mol. The van der Waals surface area contributed by atoms with E-state index in [1.54, 1.807) is 19.9 Å². The topological polar surface area (TPSA) is 79.2 Å². The van der Waals surface area contributed by atoms with Gasteiger partial charge in [0.1, 0.15) is 10.9 Å². The Morgan fingerprint density at radius 2 is 2.21 bits per heavy atom. The Labute approximate surface area is 117 Å². The zero-order chi connectivity index (χ0) is 14.0. The van der Waals surface area contributed by atoms with Gasteiger partial charge in [-0.1, -0.05) is 0 Å². The molecule has 7 heteroatoms. The van der Waals surface area contributed by atoms with Crippen molar-refractivity contribution < 1.29 is 13.2 Å². The van der Waals surface area contributed by atoms with Gasteiger partial charge in [-0.05, 0) is 26.0 Å². The Hall–Kier alpha value is -0.940. The monoisotopic (exact) mass is 300 g/mol. The molecule has 1 aliphatic rings. The lowest BCUT2D eigenvalue weighted by atomic mass is 10.0. The maximum absolute atomic E-state index is 11.9. The van der Waals surface area contributed by atoms with Crippen LogP contribution in [0.4, 0.5) is 0 Å². The summed E-state index contributed by atoms with van der Waals surface area (Å²) in [5.74, 6) is -0.0133. The average molecular weight is 300 g/mol. The van der Waals surface area contributed by atoms with Crippen molar-refractivity contribution in [2.75, 3.05) is 13.2 Å². The van der Waals surface area contributed by atoms with Crippen LogP contribution in [0.3, 0.4) is 0 Å². The molecule has 0 aliphatic carbocycles. The van der Waals surface area contributed by atoms with Crippen LogP contribution in [0, 0.1) is 11.3 Å². The molecule has 0 unspecified atom stereocenters. The fraction of sp³-hybridized carbons (Fsp3) is 0.583. The van der Waals surface area contributed by atoms with E-state index in [9.17, 15) is 8.42 Å². The molecule has 2 atom stereocenters. The third-order valence-corrected chi connectivity index (χ3v) is 6.11. The van der Waals surface area contributed by atoms with Gasteiger partial charge in [-0.2, -0.15) is 5.26 Å². The van der Waals surface area contributed by atoms with Crippen LogP contribution >= 0.6 is 11.3 Å². The zero-order valence-corrected chi connectivity index (χ0v) is 12.4. The lowest BCUT2D eigenvalue weighted by Crippen LogP contribution is -2.42. The highest BCUT2D eigenvalue weighted by Crippen LogP contribution is 2.31. The van der Waals surface area contributed by atoms with Crippen molar-refractivity contribution in [2.45, 2.75) is 31.1 Å². The van der Waals surface area contributed by atoms with Gasteiger partial charge >= 0.3 is 0 Å². The molecule has 0 spiro atoms. The summed E-state index contributed by atoms with van der Waals surface area (Å²) < 4.78 is 31.9. The van der Waals surface area contributed by atoms with Gasteiger partial charge in [-0.3, -0.25) is 0 Å². The SMILES string of the molecule is CC(C)S(=O)(=O)N[C@@H]1COC[C@H]1c1ccc(C#N)s1. The Kier molecular flexibility index (Phi) is 4.26. The minimum Gasteiger partial charge on any atom is -0.379 e. The summed E-state index contributed by atoms with van der Waals surface area (Å²) in [4.78, 5) is 1.62. The van der Waals surface area contributed by atoms with Gasteiger partial charge in [0.25, 0.3) is 0 Å². The third-order valence-electron chi connectivity index (χ3n) is 3.12. The first kappa shape index (κ1) is 14.5. The lowest BCUT2D eigenvalue weighted by Gasteiger charge is -2.19. The Morgan fingerprint density at radius 3 is 2.79 bits per heavy atom. The van der Waals surface area contributed by atoms with Crippen LogP contribution in [0.1, 0.15) is 29.5 Å². The highest BCUT2D eigenvalue weighted by Gasteiger charge is 2.34. The molecule has 1 saturated heterocycles. The van der Waals surface area contributed by atoms with Crippen LogP contribution in [0.25, 0.3) is 0 Å². The molecule has 0 radical (unpaired) electrons. The molecule has 0 amide bonds. The van der Waals surface area contributed by atoms with Crippen LogP contribution in [-0.2, 0) is 14.8 Å². The van der Waals surface area contributed by atoms with Gasteiger partial charge < -0.3 is 4.74 Å². The molecule has 1 N–H and O–H groups in total. The fourth-order valence-corrected chi connectivity index (χ4v) is 3.79. The number of rotatable bonds is 4. The molecule has 0 saturated carbocycles. The maximum Gasteiger partial charge on any atom is 0.214 e. The number of hydrogen-bond acceptors (Lipinski definition) is 5. The van der Waals surface area contributed by atoms with Gasteiger partial charge in [-0.15, -0.1) is 11.3 Å². The molecule has 5 nitrogen and oxygen atoms in total. The fourth-order valence-electron chi connectivity index (χ4n) is 1.91. The standard InChI is InChI=1S/C12H16N2O3S2/c1-8(2)19(15,16)14-11-7-17-6-10(11)12-4-3-9(5-13)18-12/h3-4,8,10-11,14H,6-7H2,1-2H3/t10-,11-/m1/s1. The molecule has 1 aromatic heterocycles. The number of hydrogen-bond donors (Lipinski definition) is 1. The predicted molar refractivity (Wildman–Crippen MR) is 73.6 cm³/mol. The second kappa shape index (κ2) is 5.59. The van der Waals surface area contributed by atoms with Crippen molar-refractivity contribution >= 4 is 21.4 Å². The number of nitriles is 1. The maximum atomic E-state index is 11.9. The van der Waals surface area contributed by atoms with E-state index in [0.717, 1.165) is 4.88 Å². The van der Waals surface area contributed by atoms with E-state index in [0.29, 0.717) is 18.1 Å². The predicted octanol–water partition coefficient (Wildman–Crippen LogP) is 1.43. The largest absolute Gasteiger partial charge is 0.379 e. The Balaban J connectivity index is 2.16. The Morgan fingerprint density at radius 1 is 1.47 bits per heavy atom. The minimum absolute atomic E-state index is 0.0133. The normalized spacial score (nSPS) is 23.7. The average Bonchev–Trinajstić information content (AvgIpc) is 2.95. The van der Waals surface area contributed by atoms with E-state index in [1.807, 2.05) is 6.07 Å². The molecule has 104 valence electrons. The molecule has 1 fully saturated rings. The third kappa shape index (κ3) is 3.15. The molecule has 0 bridgehead atoms. The molecule has 1 aromatic rings. The van der Waals surface area contributed by atoms with Crippen LogP contribution in [0.5, 0.6) is 0 Å². The summed E-state index contributed by atoms with van der Waals surface area (Å²) in [6, 6.07) is 5.47. The van der Waals surface area contributed by atoms with Crippen molar-refractivity contribution in [3.63, 3.8) is 0 Å². The first-order valence-corrected chi connectivity index (χ1v) is 8.39. The smallest absolute Gasteiger partial charge is 0.214 e. The first-order valence-electron chi connectivity index (χ1n) is 6.02. The second-order valence-electron chi connectivity index (χ2n) is 4.78. The van der Waals surface area contributed by atoms with Crippen molar-refractivity contribution in [2.24, 2.45) is 0 Å². The Bertz CT molecular complexity index is 586. The molecule has 1 aliphatic heterocycles. The number of sulfonamides is 1. The van der Waals surface area contributed by atoms with E-state index in [4.69, 9.17) is 10.00 Å². The highest BCUT2D eigenvalue weighted by atomic mass is 32.2. The van der Waals surface area contributed by atoms with Crippen LogP contribution in [0.2, 0.25) is 0 Å². The van der Waals surface area contributed by atoms with Crippen LogP contribution in [-0.4, -0.2) is 32.9 Å². The number of nitrogens with one attached hydrogen (secondary N) is 1. The van der Waals surface area contributed by atoms with E-state index in [1.165, 1.54) is 11.3 Å². The van der Waals surface area contributed by atoms with Crippen LogP contribution in [0.15, 0.2) is 12.1 Å². The summed E-state index contributed by atoms with van der Waals surface area (Å²) in [6.07, 6.45) is 0. The summed E-state index contributed by atoms with van der Waals surface area (Å²) in [5, 5.41) is 8.37. The van der Waals surface area contributed by atoms with Crippen molar-refractivity contribution in [3.8, 4) is 6.07 Å². The molecule has 19 heavy (non-hydrogen) atoms. The second-order valence-corrected chi connectivity index (χ2v) is 8.16. The first-order chi connectivity index (χ1) is 8.94. The molecule has 0 aromatic carbocycles. The van der Waals surface area contributed by atoms with E-state index < -0.39 is 15.3 Å².